The summed E-state index contributed by atoms with van der Waals surface area (Å²) in [5, 5.41) is 7.45. The lowest BCUT2D eigenvalue weighted by Gasteiger charge is -2.20. The summed E-state index contributed by atoms with van der Waals surface area (Å²) in [5.74, 6) is -1.20. The second-order valence-corrected chi connectivity index (χ2v) is 7.41. The lowest BCUT2D eigenvalue weighted by Crippen LogP contribution is -2.42. The molecule has 8 heteroatoms. The van der Waals surface area contributed by atoms with Crippen molar-refractivity contribution in [2.45, 2.75) is 13.8 Å². The summed E-state index contributed by atoms with van der Waals surface area (Å²) < 4.78 is 0. The molecule has 0 saturated heterocycles. The minimum absolute atomic E-state index is 0.0979. The van der Waals surface area contributed by atoms with Crippen molar-refractivity contribution in [1.82, 2.24) is 5.32 Å². The van der Waals surface area contributed by atoms with Crippen LogP contribution in [0.2, 0.25) is 5.02 Å². The molecule has 25 heavy (non-hydrogen) atoms. The van der Waals surface area contributed by atoms with Crippen LogP contribution in [0.3, 0.4) is 0 Å². The van der Waals surface area contributed by atoms with Gasteiger partial charge in [-0.05, 0) is 43.5 Å². The Labute approximate surface area is 154 Å². The average molecular weight is 380 g/mol. The molecule has 1 aromatic carbocycles. The Morgan fingerprint density at radius 3 is 2.52 bits per heavy atom. The molecule has 2 rings (SSSR count). The van der Waals surface area contributed by atoms with E-state index in [2.05, 4.69) is 10.6 Å². The van der Waals surface area contributed by atoms with Crippen LogP contribution in [0, 0.1) is 5.41 Å². The van der Waals surface area contributed by atoms with Crippen LogP contribution in [-0.2, 0) is 4.79 Å². The molecule has 3 amide bonds. The highest BCUT2D eigenvalue weighted by Gasteiger charge is 2.25. The number of nitrogens with two attached hydrogens (primary N) is 1. The van der Waals surface area contributed by atoms with E-state index in [9.17, 15) is 14.4 Å². The Balaban J connectivity index is 2.11. The Morgan fingerprint density at radius 2 is 1.92 bits per heavy atom. The number of hydrogen-bond donors (Lipinski definition) is 3. The summed E-state index contributed by atoms with van der Waals surface area (Å²) in [6, 6.07) is 8.01. The number of amides is 3. The van der Waals surface area contributed by atoms with Gasteiger partial charge < -0.3 is 16.4 Å². The van der Waals surface area contributed by atoms with Crippen molar-refractivity contribution < 1.29 is 14.4 Å². The zero-order valence-electron chi connectivity index (χ0n) is 13.8. The second kappa shape index (κ2) is 7.67. The van der Waals surface area contributed by atoms with Gasteiger partial charge in [-0.15, -0.1) is 11.3 Å². The van der Waals surface area contributed by atoms with Gasteiger partial charge in [0.05, 0.1) is 21.0 Å². The van der Waals surface area contributed by atoms with Gasteiger partial charge in [-0.2, -0.15) is 0 Å². The minimum Gasteiger partial charge on any atom is -0.369 e. The van der Waals surface area contributed by atoms with E-state index < -0.39 is 17.2 Å². The molecule has 132 valence electrons. The van der Waals surface area contributed by atoms with Gasteiger partial charge in [0, 0.05) is 12.1 Å². The topological polar surface area (TPSA) is 101 Å². The highest BCUT2D eigenvalue weighted by Crippen LogP contribution is 2.24. The van der Waals surface area contributed by atoms with E-state index >= 15 is 0 Å². The van der Waals surface area contributed by atoms with Crippen LogP contribution in [0.15, 0.2) is 35.7 Å². The quantitative estimate of drug-likeness (QED) is 0.719. The Kier molecular flexibility index (Phi) is 5.81. The van der Waals surface area contributed by atoms with Crippen molar-refractivity contribution in [2.24, 2.45) is 11.1 Å². The smallest absolute Gasteiger partial charge is 0.265 e. The van der Waals surface area contributed by atoms with Crippen molar-refractivity contribution in [1.29, 1.82) is 0 Å². The first-order valence-electron chi connectivity index (χ1n) is 7.43. The van der Waals surface area contributed by atoms with Crippen molar-refractivity contribution in [3.8, 4) is 0 Å². The highest BCUT2D eigenvalue weighted by molar-refractivity contribution is 7.12. The summed E-state index contributed by atoms with van der Waals surface area (Å²) >= 11 is 7.40. The van der Waals surface area contributed by atoms with Crippen LogP contribution in [0.25, 0.3) is 0 Å². The zero-order valence-corrected chi connectivity index (χ0v) is 15.3. The second-order valence-electron chi connectivity index (χ2n) is 6.06. The monoisotopic (exact) mass is 379 g/mol. The molecule has 0 aliphatic heterocycles. The van der Waals surface area contributed by atoms with E-state index in [-0.39, 0.29) is 12.5 Å². The fourth-order valence-corrected chi connectivity index (χ4v) is 2.63. The molecule has 0 atom stereocenters. The molecule has 0 spiro atoms. The fraction of sp³-hybridized carbons (Fsp3) is 0.235. The van der Waals surface area contributed by atoms with Crippen molar-refractivity contribution in [2.75, 3.05) is 11.9 Å². The van der Waals surface area contributed by atoms with Gasteiger partial charge in [0.1, 0.15) is 0 Å². The Bertz CT molecular complexity index is 803. The van der Waals surface area contributed by atoms with Crippen molar-refractivity contribution in [3.05, 3.63) is 51.2 Å². The lowest BCUT2D eigenvalue weighted by atomic mass is 9.92. The third-order valence-corrected chi connectivity index (χ3v) is 4.78. The van der Waals surface area contributed by atoms with Gasteiger partial charge in [-0.3, -0.25) is 14.4 Å². The SMILES string of the molecule is CC(C)(CNC(=O)c1ccc(Cl)c(NC(=O)c2cccs2)c1)C(N)=O. The van der Waals surface area contributed by atoms with Crippen LogP contribution in [-0.4, -0.2) is 24.3 Å². The first kappa shape index (κ1) is 19.0. The van der Waals surface area contributed by atoms with Crippen LogP contribution in [0.1, 0.15) is 33.9 Å². The molecular formula is C17H18ClN3O3S. The fourth-order valence-electron chi connectivity index (χ4n) is 1.84. The van der Waals surface area contributed by atoms with Crippen LogP contribution in [0.5, 0.6) is 0 Å². The molecule has 0 unspecified atom stereocenters. The number of carbonyl (C=O) groups excluding carboxylic acids is 3. The number of halogens is 1. The number of primary amides is 1. The number of hydrogen-bond acceptors (Lipinski definition) is 4. The Hall–Kier alpha value is -2.38. The largest absolute Gasteiger partial charge is 0.369 e. The molecule has 0 bridgehead atoms. The third-order valence-electron chi connectivity index (χ3n) is 3.58. The first-order valence-corrected chi connectivity index (χ1v) is 8.69. The lowest BCUT2D eigenvalue weighted by molar-refractivity contribution is -0.125. The van der Waals surface area contributed by atoms with Crippen molar-refractivity contribution >= 4 is 46.3 Å². The number of benzene rings is 1. The van der Waals surface area contributed by atoms with Gasteiger partial charge in [0.2, 0.25) is 5.91 Å². The maximum atomic E-state index is 12.3. The highest BCUT2D eigenvalue weighted by atomic mass is 35.5. The van der Waals surface area contributed by atoms with E-state index in [4.69, 9.17) is 17.3 Å². The molecule has 1 aromatic heterocycles. The normalized spacial score (nSPS) is 11.0. The van der Waals surface area contributed by atoms with Gasteiger partial charge in [-0.25, -0.2) is 0 Å². The average Bonchev–Trinajstić information content (AvgIpc) is 3.09. The molecule has 0 aliphatic carbocycles. The van der Waals surface area contributed by atoms with Gasteiger partial charge in [0.15, 0.2) is 0 Å². The number of carbonyl (C=O) groups is 3. The predicted molar refractivity (Wildman–Crippen MR) is 99.0 cm³/mol. The maximum Gasteiger partial charge on any atom is 0.265 e. The van der Waals surface area contributed by atoms with E-state index in [0.717, 1.165) is 0 Å². The molecular weight excluding hydrogens is 362 g/mol. The van der Waals surface area contributed by atoms with E-state index in [1.807, 2.05) is 0 Å². The zero-order chi connectivity index (χ0) is 18.6. The molecule has 6 nitrogen and oxygen atoms in total. The molecule has 0 saturated carbocycles. The molecule has 1 heterocycles. The van der Waals surface area contributed by atoms with E-state index in [0.29, 0.717) is 21.2 Å². The third kappa shape index (κ3) is 4.80. The summed E-state index contributed by atoms with van der Waals surface area (Å²) in [6.07, 6.45) is 0. The Morgan fingerprint density at radius 1 is 1.20 bits per heavy atom. The molecule has 4 N–H and O–H groups in total. The van der Waals surface area contributed by atoms with Gasteiger partial charge >= 0.3 is 0 Å². The summed E-state index contributed by atoms with van der Waals surface area (Å²) in [5.41, 5.74) is 5.07. The van der Waals surface area contributed by atoms with Crippen molar-refractivity contribution in [3.63, 3.8) is 0 Å². The number of thiophene rings is 1. The summed E-state index contributed by atoms with van der Waals surface area (Å²) in [7, 11) is 0. The van der Waals surface area contributed by atoms with Crippen LogP contribution in [0.4, 0.5) is 5.69 Å². The number of nitrogens with one attached hydrogen (secondary N) is 2. The first-order chi connectivity index (χ1) is 11.7. The van der Waals surface area contributed by atoms with Crippen LogP contribution >= 0.6 is 22.9 Å². The molecule has 0 aliphatic rings. The molecule has 0 radical (unpaired) electrons. The van der Waals surface area contributed by atoms with Gasteiger partial charge in [0.25, 0.3) is 11.8 Å². The molecule has 2 aromatic rings. The summed E-state index contributed by atoms with van der Waals surface area (Å²) in [6.45, 7) is 3.38. The predicted octanol–water partition coefficient (Wildman–Crippen LogP) is 2.90. The molecule has 0 fully saturated rings. The number of anilines is 1. The van der Waals surface area contributed by atoms with Crippen LogP contribution < -0.4 is 16.4 Å². The standard InChI is InChI=1S/C17H18ClN3O3S/c1-17(2,16(19)24)9-20-14(22)10-5-6-11(18)12(8-10)21-15(23)13-4-3-7-25-13/h3-8H,9H2,1-2H3,(H2,19,24)(H,20,22)(H,21,23). The summed E-state index contributed by atoms with van der Waals surface area (Å²) in [4.78, 5) is 36.3. The maximum absolute atomic E-state index is 12.3. The van der Waals surface area contributed by atoms with E-state index in [1.165, 1.54) is 29.5 Å². The van der Waals surface area contributed by atoms with Gasteiger partial charge in [-0.1, -0.05) is 17.7 Å². The minimum atomic E-state index is -0.863. The number of rotatable bonds is 6. The van der Waals surface area contributed by atoms with E-state index in [1.54, 1.807) is 31.4 Å².